The summed E-state index contributed by atoms with van der Waals surface area (Å²) in [7, 11) is 0. The molecule has 0 saturated heterocycles. The van der Waals surface area contributed by atoms with Crippen LogP contribution in [0.25, 0.3) is 10.9 Å². The molecule has 0 spiro atoms. The zero-order valence-electron chi connectivity index (χ0n) is 6.76. The largest absolute Gasteiger partial charge is 0.361 e. The fourth-order valence-corrected chi connectivity index (χ4v) is 1.45. The molecular formula is C10H8N2. The van der Waals surface area contributed by atoms with Gasteiger partial charge in [0.1, 0.15) is 0 Å². The molecular weight excluding hydrogens is 148 g/mol. The highest BCUT2D eigenvalue weighted by atomic mass is 14.7. The summed E-state index contributed by atoms with van der Waals surface area (Å²) in [5.41, 5.74) is 2.90. The molecule has 2 heteroatoms. The van der Waals surface area contributed by atoms with Gasteiger partial charge in [0.15, 0.2) is 0 Å². The van der Waals surface area contributed by atoms with Crippen LogP contribution in [0.15, 0.2) is 24.4 Å². The highest BCUT2D eigenvalue weighted by molar-refractivity contribution is 5.88. The highest BCUT2D eigenvalue weighted by Crippen LogP contribution is 2.20. The Morgan fingerprint density at radius 1 is 1.42 bits per heavy atom. The number of nitrogens with zero attached hydrogens (tertiary/aromatic N) is 1. The molecule has 0 amide bonds. The summed E-state index contributed by atoms with van der Waals surface area (Å²) < 4.78 is 0. The fraction of sp³-hybridized carbons (Fsp3) is 0.100. The summed E-state index contributed by atoms with van der Waals surface area (Å²) in [5, 5.41) is 9.86. The zero-order valence-corrected chi connectivity index (χ0v) is 6.76. The van der Waals surface area contributed by atoms with Gasteiger partial charge in [-0.25, -0.2) is 0 Å². The third-order valence-corrected chi connectivity index (χ3v) is 2.02. The van der Waals surface area contributed by atoms with E-state index in [0.29, 0.717) is 0 Å². The number of H-pyrrole nitrogens is 1. The second-order valence-corrected chi connectivity index (χ2v) is 2.81. The molecule has 1 heterocycles. The van der Waals surface area contributed by atoms with Gasteiger partial charge in [-0.15, -0.1) is 0 Å². The Kier molecular flexibility index (Phi) is 1.38. The average Bonchev–Trinajstić information content (AvgIpc) is 2.48. The van der Waals surface area contributed by atoms with Crippen molar-refractivity contribution in [1.82, 2.24) is 4.98 Å². The third-order valence-electron chi connectivity index (χ3n) is 2.02. The molecule has 1 aromatic carbocycles. The van der Waals surface area contributed by atoms with Gasteiger partial charge in [0, 0.05) is 17.1 Å². The van der Waals surface area contributed by atoms with Crippen LogP contribution >= 0.6 is 0 Å². The number of benzene rings is 1. The highest BCUT2D eigenvalue weighted by Gasteiger charge is 2.03. The SMILES string of the molecule is Cc1c[nH]c2cccc(C#N)c12. The molecule has 0 saturated carbocycles. The zero-order chi connectivity index (χ0) is 8.55. The maximum Gasteiger partial charge on any atom is 0.0998 e. The Labute approximate surface area is 70.4 Å². The van der Waals surface area contributed by atoms with Crippen molar-refractivity contribution >= 4 is 10.9 Å². The van der Waals surface area contributed by atoms with Crippen LogP contribution in [-0.4, -0.2) is 4.98 Å². The summed E-state index contributed by atoms with van der Waals surface area (Å²) in [6.07, 6.45) is 1.92. The van der Waals surface area contributed by atoms with Gasteiger partial charge in [-0.1, -0.05) is 6.07 Å². The van der Waals surface area contributed by atoms with Gasteiger partial charge >= 0.3 is 0 Å². The minimum atomic E-state index is 0.742. The van der Waals surface area contributed by atoms with E-state index in [1.807, 2.05) is 31.3 Å². The van der Waals surface area contributed by atoms with Crippen molar-refractivity contribution in [2.75, 3.05) is 0 Å². The van der Waals surface area contributed by atoms with Crippen LogP contribution < -0.4 is 0 Å². The molecule has 0 bridgehead atoms. The standard InChI is InChI=1S/C10H8N2/c1-7-6-12-9-4-2-3-8(5-11)10(7)9/h2-4,6,12H,1H3. The Morgan fingerprint density at radius 2 is 2.25 bits per heavy atom. The maximum atomic E-state index is 8.81. The predicted molar refractivity (Wildman–Crippen MR) is 47.8 cm³/mol. The number of nitrogens with one attached hydrogen (secondary N) is 1. The van der Waals surface area contributed by atoms with Gasteiger partial charge in [-0.05, 0) is 24.6 Å². The lowest BCUT2D eigenvalue weighted by molar-refractivity contribution is 1.43. The number of rotatable bonds is 0. The second-order valence-electron chi connectivity index (χ2n) is 2.81. The van der Waals surface area contributed by atoms with Crippen molar-refractivity contribution in [3.8, 4) is 6.07 Å². The minimum Gasteiger partial charge on any atom is -0.361 e. The van der Waals surface area contributed by atoms with E-state index in [4.69, 9.17) is 5.26 Å². The molecule has 0 atom stereocenters. The summed E-state index contributed by atoms with van der Waals surface area (Å²) in [6, 6.07) is 7.87. The number of aromatic amines is 1. The van der Waals surface area contributed by atoms with Gasteiger partial charge in [-0.2, -0.15) is 5.26 Å². The molecule has 1 N–H and O–H groups in total. The van der Waals surface area contributed by atoms with E-state index in [9.17, 15) is 0 Å². The molecule has 12 heavy (non-hydrogen) atoms. The summed E-state index contributed by atoms with van der Waals surface area (Å²) >= 11 is 0. The van der Waals surface area contributed by atoms with Gasteiger partial charge in [0.25, 0.3) is 0 Å². The van der Waals surface area contributed by atoms with Crippen molar-refractivity contribution in [3.05, 3.63) is 35.5 Å². The lowest BCUT2D eigenvalue weighted by atomic mass is 10.1. The molecule has 0 aliphatic heterocycles. The van der Waals surface area contributed by atoms with Crippen LogP contribution in [0.5, 0.6) is 0 Å². The van der Waals surface area contributed by atoms with E-state index in [-0.39, 0.29) is 0 Å². The minimum absolute atomic E-state index is 0.742. The van der Waals surface area contributed by atoms with Crippen LogP contribution in [-0.2, 0) is 0 Å². The first-order valence-electron chi connectivity index (χ1n) is 3.79. The molecule has 2 nitrogen and oxygen atoms in total. The lowest BCUT2D eigenvalue weighted by Gasteiger charge is -1.93. The van der Waals surface area contributed by atoms with Gasteiger partial charge < -0.3 is 4.98 Å². The Hall–Kier alpha value is -1.75. The fourth-order valence-electron chi connectivity index (χ4n) is 1.45. The maximum absolute atomic E-state index is 8.81. The van der Waals surface area contributed by atoms with Crippen molar-refractivity contribution in [2.45, 2.75) is 6.92 Å². The number of aryl methyl sites for hydroxylation is 1. The molecule has 0 unspecified atom stereocenters. The molecule has 0 aliphatic rings. The topological polar surface area (TPSA) is 39.6 Å². The van der Waals surface area contributed by atoms with Gasteiger partial charge in [0.05, 0.1) is 11.6 Å². The van der Waals surface area contributed by atoms with Crippen molar-refractivity contribution in [3.63, 3.8) is 0 Å². The first-order valence-corrected chi connectivity index (χ1v) is 3.79. The number of hydrogen-bond acceptors (Lipinski definition) is 1. The van der Waals surface area contributed by atoms with Crippen molar-refractivity contribution in [1.29, 1.82) is 5.26 Å². The van der Waals surface area contributed by atoms with Crippen LogP contribution in [0, 0.1) is 18.3 Å². The molecule has 2 rings (SSSR count). The first-order chi connectivity index (χ1) is 5.83. The van der Waals surface area contributed by atoms with Gasteiger partial charge in [0.2, 0.25) is 0 Å². The van der Waals surface area contributed by atoms with E-state index < -0.39 is 0 Å². The van der Waals surface area contributed by atoms with E-state index in [1.165, 1.54) is 0 Å². The molecule has 1 aromatic heterocycles. The predicted octanol–water partition coefficient (Wildman–Crippen LogP) is 2.35. The van der Waals surface area contributed by atoms with Crippen molar-refractivity contribution in [2.24, 2.45) is 0 Å². The number of aromatic nitrogens is 1. The van der Waals surface area contributed by atoms with Crippen LogP contribution in [0.1, 0.15) is 11.1 Å². The molecule has 0 aliphatic carbocycles. The van der Waals surface area contributed by atoms with Crippen LogP contribution in [0.4, 0.5) is 0 Å². The average molecular weight is 156 g/mol. The van der Waals surface area contributed by atoms with Gasteiger partial charge in [-0.3, -0.25) is 0 Å². The second kappa shape index (κ2) is 2.38. The number of hydrogen-bond donors (Lipinski definition) is 1. The molecule has 0 radical (unpaired) electrons. The van der Waals surface area contributed by atoms with E-state index >= 15 is 0 Å². The monoisotopic (exact) mass is 156 g/mol. The first kappa shape index (κ1) is 6.93. The van der Waals surface area contributed by atoms with Crippen LogP contribution in [0.2, 0.25) is 0 Å². The molecule has 2 aromatic rings. The van der Waals surface area contributed by atoms with Crippen LogP contribution in [0.3, 0.4) is 0 Å². The quantitative estimate of drug-likeness (QED) is 0.624. The summed E-state index contributed by atoms with van der Waals surface area (Å²) in [5.74, 6) is 0. The molecule has 0 fully saturated rings. The lowest BCUT2D eigenvalue weighted by Crippen LogP contribution is -1.76. The Bertz CT molecular complexity index is 460. The summed E-state index contributed by atoms with van der Waals surface area (Å²) in [4.78, 5) is 3.11. The number of fused-ring (bicyclic) bond motifs is 1. The smallest absolute Gasteiger partial charge is 0.0998 e. The van der Waals surface area contributed by atoms with E-state index in [1.54, 1.807) is 0 Å². The summed E-state index contributed by atoms with van der Waals surface area (Å²) in [6.45, 7) is 2.00. The van der Waals surface area contributed by atoms with E-state index in [2.05, 4.69) is 11.1 Å². The third kappa shape index (κ3) is 0.802. The van der Waals surface area contributed by atoms with Crippen molar-refractivity contribution < 1.29 is 0 Å². The molecule has 58 valence electrons. The normalized spacial score (nSPS) is 10.0. The Balaban J connectivity index is 2.96. The van der Waals surface area contributed by atoms with E-state index in [0.717, 1.165) is 22.0 Å². The number of nitriles is 1. The Morgan fingerprint density at radius 3 is 3.00 bits per heavy atom.